The Morgan fingerprint density at radius 3 is 2.42 bits per heavy atom. The molecule has 1 aromatic carbocycles. The molecule has 0 radical (unpaired) electrons. The maximum atomic E-state index is 12.6. The summed E-state index contributed by atoms with van der Waals surface area (Å²) in [7, 11) is 3.17. The molecule has 1 amide bonds. The van der Waals surface area contributed by atoms with Gasteiger partial charge >= 0.3 is 0 Å². The van der Waals surface area contributed by atoms with Crippen LogP contribution in [0.4, 0.5) is 5.69 Å². The summed E-state index contributed by atoms with van der Waals surface area (Å²) in [5.74, 6) is -0.317. The van der Waals surface area contributed by atoms with Gasteiger partial charge < -0.3 is 24.5 Å². The number of aryl methyl sites for hydroxylation is 1. The molecule has 4 rings (SSSR count). The Labute approximate surface area is 192 Å². The van der Waals surface area contributed by atoms with E-state index in [-0.39, 0.29) is 34.4 Å². The molecule has 0 spiro atoms. The molecule has 33 heavy (non-hydrogen) atoms. The highest BCUT2D eigenvalue weighted by molar-refractivity contribution is 6.49. The summed E-state index contributed by atoms with van der Waals surface area (Å²) >= 11 is 0. The molecule has 2 fully saturated rings. The monoisotopic (exact) mass is 455 g/mol. The molecule has 176 valence electrons. The standard InChI is InChI=1S/C24H29N3O6/c1-5-24(11-32-12-24)22(16-10-9-13(2)33-16)26-18-17(20(29)21(18)30)25-15-8-6-7-14(19(15)28)23(31)27(3)4/h6-10,17-18,22,25-26,28H,5,11-12H2,1-4H3. The third-order valence-electron chi connectivity index (χ3n) is 6.61. The molecular formula is C24H29N3O6. The molecule has 1 aromatic heterocycles. The van der Waals surface area contributed by atoms with Gasteiger partial charge in [0.1, 0.15) is 23.6 Å². The fourth-order valence-electron chi connectivity index (χ4n) is 4.36. The van der Waals surface area contributed by atoms with Gasteiger partial charge in [0, 0.05) is 19.5 Å². The van der Waals surface area contributed by atoms with Crippen LogP contribution in [-0.4, -0.2) is 66.9 Å². The predicted octanol–water partition coefficient (Wildman–Crippen LogP) is 2.05. The van der Waals surface area contributed by atoms with Gasteiger partial charge in [-0.05, 0) is 37.6 Å². The number of benzene rings is 1. The van der Waals surface area contributed by atoms with Crippen molar-refractivity contribution >= 4 is 23.2 Å². The zero-order chi connectivity index (χ0) is 23.9. The first-order chi connectivity index (χ1) is 15.7. The quantitative estimate of drug-likeness (QED) is 0.409. The number of carbonyl (C=O) groups excluding carboxylic acids is 3. The summed E-state index contributed by atoms with van der Waals surface area (Å²) in [5.41, 5.74) is 0.0598. The topological polar surface area (TPSA) is 121 Å². The lowest BCUT2D eigenvalue weighted by molar-refractivity contribution is -0.153. The van der Waals surface area contributed by atoms with E-state index < -0.39 is 23.7 Å². The number of para-hydroxylation sites is 1. The maximum Gasteiger partial charge on any atom is 0.257 e. The number of nitrogens with zero attached hydrogens (tertiary/aromatic N) is 1. The minimum Gasteiger partial charge on any atom is -0.505 e. The van der Waals surface area contributed by atoms with Crippen LogP contribution in [0.3, 0.4) is 0 Å². The summed E-state index contributed by atoms with van der Waals surface area (Å²) in [6, 6.07) is 6.38. The van der Waals surface area contributed by atoms with Gasteiger partial charge in [-0.15, -0.1) is 0 Å². The van der Waals surface area contributed by atoms with Gasteiger partial charge in [-0.3, -0.25) is 19.7 Å². The number of nitrogens with one attached hydrogen (secondary N) is 2. The van der Waals surface area contributed by atoms with Crippen molar-refractivity contribution in [3.8, 4) is 5.75 Å². The van der Waals surface area contributed by atoms with Crippen LogP contribution < -0.4 is 10.6 Å². The fourth-order valence-corrected chi connectivity index (χ4v) is 4.36. The second kappa shape index (κ2) is 8.64. The number of rotatable bonds is 8. The first-order valence-electron chi connectivity index (χ1n) is 11.0. The van der Waals surface area contributed by atoms with Gasteiger partial charge in [0.15, 0.2) is 5.75 Å². The van der Waals surface area contributed by atoms with E-state index in [0.29, 0.717) is 19.0 Å². The first kappa shape index (κ1) is 23.0. The summed E-state index contributed by atoms with van der Waals surface area (Å²) in [5, 5.41) is 16.9. The van der Waals surface area contributed by atoms with Crippen LogP contribution >= 0.6 is 0 Å². The third-order valence-corrected chi connectivity index (χ3v) is 6.61. The highest BCUT2D eigenvalue weighted by Gasteiger charge is 2.54. The molecule has 3 unspecified atom stereocenters. The first-order valence-corrected chi connectivity index (χ1v) is 11.0. The molecule has 9 heteroatoms. The van der Waals surface area contributed by atoms with Crippen molar-refractivity contribution < 1.29 is 28.6 Å². The number of aromatic hydroxyl groups is 1. The van der Waals surface area contributed by atoms with Crippen molar-refractivity contribution in [1.82, 2.24) is 10.2 Å². The van der Waals surface area contributed by atoms with E-state index in [2.05, 4.69) is 17.6 Å². The molecule has 2 aliphatic rings. The lowest BCUT2D eigenvalue weighted by Gasteiger charge is -2.48. The number of ether oxygens (including phenoxy) is 1. The average molecular weight is 456 g/mol. The zero-order valence-electron chi connectivity index (χ0n) is 19.2. The van der Waals surface area contributed by atoms with Crippen LogP contribution in [0.25, 0.3) is 0 Å². The highest BCUT2D eigenvalue weighted by atomic mass is 16.5. The van der Waals surface area contributed by atoms with E-state index >= 15 is 0 Å². The average Bonchev–Trinajstić information content (AvgIpc) is 3.20. The van der Waals surface area contributed by atoms with Gasteiger partial charge in [-0.1, -0.05) is 13.0 Å². The van der Waals surface area contributed by atoms with Crippen LogP contribution in [0, 0.1) is 12.3 Å². The summed E-state index contributed by atoms with van der Waals surface area (Å²) in [6.45, 7) is 4.94. The second-order valence-corrected chi connectivity index (χ2v) is 8.99. The Morgan fingerprint density at radius 2 is 1.88 bits per heavy atom. The summed E-state index contributed by atoms with van der Waals surface area (Å²) in [6.07, 6.45) is 0.798. The summed E-state index contributed by atoms with van der Waals surface area (Å²) < 4.78 is 11.4. The molecule has 3 N–H and O–H groups in total. The molecular weight excluding hydrogens is 426 g/mol. The molecule has 0 bridgehead atoms. The number of ketones is 2. The second-order valence-electron chi connectivity index (χ2n) is 8.99. The molecule has 1 aliphatic carbocycles. The van der Waals surface area contributed by atoms with Crippen LogP contribution in [0.15, 0.2) is 34.7 Å². The molecule has 3 atom stereocenters. The number of anilines is 1. The van der Waals surface area contributed by atoms with Gasteiger partial charge in [0.2, 0.25) is 11.6 Å². The predicted molar refractivity (Wildman–Crippen MR) is 120 cm³/mol. The molecule has 1 saturated heterocycles. The Hall–Kier alpha value is -3.17. The van der Waals surface area contributed by atoms with Crippen molar-refractivity contribution in [2.45, 2.75) is 38.4 Å². The number of phenols is 1. The Morgan fingerprint density at radius 1 is 1.18 bits per heavy atom. The van der Waals surface area contributed by atoms with Gasteiger partial charge in [0.05, 0.1) is 30.5 Å². The SMILES string of the molecule is CCC1(C(NC2C(=O)C(=O)C2Nc2cccc(C(=O)N(C)C)c2O)c2ccc(C)o2)COC1. The molecule has 2 heterocycles. The van der Waals surface area contributed by atoms with Gasteiger partial charge in [-0.2, -0.15) is 0 Å². The van der Waals surface area contributed by atoms with Crippen LogP contribution in [0.1, 0.15) is 41.3 Å². The minimum absolute atomic E-state index is 0.105. The number of carbonyl (C=O) groups is 3. The molecule has 2 aromatic rings. The Balaban J connectivity index is 1.59. The number of amides is 1. The van der Waals surface area contributed by atoms with Gasteiger partial charge in [0.25, 0.3) is 5.91 Å². The van der Waals surface area contributed by atoms with Gasteiger partial charge in [-0.25, -0.2) is 0 Å². The fraction of sp³-hybridized carbons (Fsp3) is 0.458. The van der Waals surface area contributed by atoms with E-state index in [1.807, 2.05) is 19.1 Å². The van der Waals surface area contributed by atoms with E-state index in [1.165, 1.54) is 11.0 Å². The van der Waals surface area contributed by atoms with Crippen molar-refractivity contribution in [3.63, 3.8) is 0 Å². The van der Waals surface area contributed by atoms with Crippen LogP contribution in [-0.2, 0) is 14.3 Å². The Kier molecular flexibility index (Phi) is 6.02. The maximum absolute atomic E-state index is 12.6. The van der Waals surface area contributed by atoms with Crippen molar-refractivity contribution in [3.05, 3.63) is 47.4 Å². The number of hydrogen-bond acceptors (Lipinski definition) is 8. The molecule has 1 aliphatic heterocycles. The number of Topliss-reactive ketones (excluding diaryl/α,β-unsaturated/α-hetero) is 2. The number of furan rings is 1. The highest BCUT2D eigenvalue weighted by Crippen LogP contribution is 2.45. The van der Waals surface area contributed by atoms with E-state index in [4.69, 9.17) is 9.15 Å². The van der Waals surface area contributed by atoms with Crippen molar-refractivity contribution in [2.75, 3.05) is 32.6 Å². The smallest absolute Gasteiger partial charge is 0.257 e. The molecule has 1 saturated carbocycles. The third kappa shape index (κ3) is 3.91. The number of phenolic OH excluding ortho intramolecular Hbond substituents is 1. The largest absolute Gasteiger partial charge is 0.505 e. The lowest BCUT2D eigenvalue weighted by atomic mass is 9.73. The molecule has 9 nitrogen and oxygen atoms in total. The van der Waals surface area contributed by atoms with Crippen LogP contribution in [0.2, 0.25) is 0 Å². The minimum atomic E-state index is -0.887. The van der Waals surface area contributed by atoms with E-state index in [0.717, 1.165) is 12.2 Å². The van der Waals surface area contributed by atoms with Crippen LogP contribution in [0.5, 0.6) is 5.75 Å². The Bertz CT molecular complexity index is 1080. The van der Waals surface area contributed by atoms with E-state index in [9.17, 15) is 19.5 Å². The van der Waals surface area contributed by atoms with E-state index in [1.54, 1.807) is 26.2 Å². The number of hydrogen-bond donors (Lipinski definition) is 3. The van der Waals surface area contributed by atoms with Crippen molar-refractivity contribution in [1.29, 1.82) is 0 Å². The zero-order valence-corrected chi connectivity index (χ0v) is 19.2. The van der Waals surface area contributed by atoms with Crippen molar-refractivity contribution in [2.24, 2.45) is 5.41 Å². The summed E-state index contributed by atoms with van der Waals surface area (Å²) in [4.78, 5) is 38.7. The normalized spacial score (nSPS) is 22.3. The lowest BCUT2D eigenvalue weighted by Crippen LogP contribution is -2.69.